The highest BCUT2D eigenvalue weighted by Gasteiger charge is 2.12. The first-order valence-corrected chi connectivity index (χ1v) is 5.53. The number of Topliss-reactive ketones (excluding diaryl/α,β-unsaturated/α-hetero) is 1. The minimum absolute atomic E-state index is 0.0446. The van der Waals surface area contributed by atoms with Gasteiger partial charge in [-0.05, 0) is 32.9 Å². The van der Waals surface area contributed by atoms with Gasteiger partial charge >= 0.3 is 5.97 Å². The van der Waals surface area contributed by atoms with Crippen LogP contribution in [0.3, 0.4) is 0 Å². The molecule has 0 spiro atoms. The molecule has 98 valence electrons. The highest BCUT2D eigenvalue weighted by Crippen LogP contribution is 2.20. The number of halogens is 1. The smallest absolute Gasteiger partial charge is 0.344 e. The van der Waals surface area contributed by atoms with Gasteiger partial charge in [0.2, 0.25) is 0 Å². The lowest BCUT2D eigenvalue weighted by Crippen LogP contribution is -2.19. The molecule has 0 N–H and O–H groups in total. The van der Waals surface area contributed by atoms with Crippen LogP contribution in [0.1, 0.15) is 31.1 Å². The summed E-state index contributed by atoms with van der Waals surface area (Å²) in [7, 11) is 0. The van der Waals surface area contributed by atoms with Crippen LogP contribution in [-0.4, -0.2) is 24.5 Å². The maximum absolute atomic E-state index is 13.0. The molecule has 1 aromatic rings. The second-order valence-electron chi connectivity index (χ2n) is 4.02. The van der Waals surface area contributed by atoms with E-state index < -0.39 is 11.8 Å². The van der Waals surface area contributed by atoms with E-state index in [0.29, 0.717) is 0 Å². The maximum Gasteiger partial charge on any atom is 0.344 e. The normalized spacial score (nSPS) is 10.3. The van der Waals surface area contributed by atoms with Crippen LogP contribution < -0.4 is 4.74 Å². The third-order valence-corrected chi connectivity index (χ3v) is 2.04. The molecule has 0 atom stereocenters. The van der Waals surface area contributed by atoms with Crippen LogP contribution in [0.25, 0.3) is 0 Å². The van der Waals surface area contributed by atoms with Gasteiger partial charge in [-0.1, -0.05) is 0 Å². The van der Waals surface area contributed by atoms with Crippen LogP contribution in [0.2, 0.25) is 0 Å². The summed E-state index contributed by atoms with van der Waals surface area (Å²) in [5.41, 5.74) is 0.230. The molecule has 0 unspecified atom stereocenters. The Hall–Kier alpha value is -1.91. The van der Waals surface area contributed by atoms with Crippen molar-refractivity contribution < 1.29 is 23.5 Å². The molecule has 5 heteroatoms. The van der Waals surface area contributed by atoms with Crippen molar-refractivity contribution in [3.8, 4) is 5.75 Å². The van der Waals surface area contributed by atoms with Gasteiger partial charge in [0.15, 0.2) is 12.4 Å². The van der Waals surface area contributed by atoms with E-state index >= 15 is 0 Å². The van der Waals surface area contributed by atoms with Gasteiger partial charge in [0, 0.05) is 6.07 Å². The molecule has 0 saturated carbocycles. The van der Waals surface area contributed by atoms with Crippen molar-refractivity contribution in [3.63, 3.8) is 0 Å². The Labute approximate surface area is 105 Å². The number of ketones is 1. The molecule has 0 radical (unpaired) electrons. The third kappa shape index (κ3) is 4.16. The van der Waals surface area contributed by atoms with Crippen molar-refractivity contribution in [1.82, 2.24) is 0 Å². The zero-order valence-electron chi connectivity index (χ0n) is 10.5. The second kappa shape index (κ2) is 6.14. The predicted molar refractivity (Wildman–Crippen MR) is 63.1 cm³/mol. The van der Waals surface area contributed by atoms with Crippen molar-refractivity contribution in [1.29, 1.82) is 0 Å². The predicted octanol–water partition coefficient (Wildman–Crippen LogP) is 2.36. The topological polar surface area (TPSA) is 52.6 Å². The van der Waals surface area contributed by atoms with E-state index in [1.165, 1.54) is 13.0 Å². The molecule has 0 heterocycles. The molecule has 0 saturated heterocycles. The molecule has 1 rings (SSSR count). The van der Waals surface area contributed by atoms with Crippen molar-refractivity contribution in [3.05, 3.63) is 29.6 Å². The van der Waals surface area contributed by atoms with Crippen molar-refractivity contribution in [2.75, 3.05) is 6.61 Å². The molecule has 0 aliphatic rings. The average Bonchev–Trinajstić information content (AvgIpc) is 2.25. The molecule has 0 aliphatic heterocycles. The lowest BCUT2D eigenvalue weighted by molar-refractivity contribution is -0.149. The summed E-state index contributed by atoms with van der Waals surface area (Å²) >= 11 is 0. The van der Waals surface area contributed by atoms with Crippen LogP contribution in [0.15, 0.2) is 18.2 Å². The first-order valence-electron chi connectivity index (χ1n) is 5.53. The molecule has 0 fully saturated rings. The number of rotatable bonds is 5. The second-order valence-corrected chi connectivity index (χ2v) is 4.02. The summed E-state index contributed by atoms with van der Waals surface area (Å²) in [5.74, 6) is -1.32. The molecule has 18 heavy (non-hydrogen) atoms. The summed E-state index contributed by atoms with van der Waals surface area (Å²) in [4.78, 5) is 22.5. The third-order valence-electron chi connectivity index (χ3n) is 2.04. The van der Waals surface area contributed by atoms with Crippen LogP contribution in [0, 0.1) is 5.82 Å². The summed E-state index contributed by atoms with van der Waals surface area (Å²) in [6.45, 7) is 4.40. The molecular formula is C13H15FO4. The van der Waals surface area contributed by atoms with Crippen molar-refractivity contribution in [2.24, 2.45) is 0 Å². The van der Waals surface area contributed by atoms with Crippen LogP contribution in [-0.2, 0) is 9.53 Å². The molecule has 0 aliphatic carbocycles. The van der Waals surface area contributed by atoms with Gasteiger partial charge in [0.05, 0.1) is 11.7 Å². The van der Waals surface area contributed by atoms with E-state index in [4.69, 9.17) is 9.47 Å². The highest BCUT2D eigenvalue weighted by molar-refractivity contribution is 5.96. The maximum atomic E-state index is 13.0. The van der Waals surface area contributed by atoms with Crippen LogP contribution in [0.4, 0.5) is 4.39 Å². The van der Waals surface area contributed by atoms with Gasteiger partial charge in [-0.15, -0.1) is 0 Å². The fourth-order valence-corrected chi connectivity index (χ4v) is 1.34. The fourth-order valence-electron chi connectivity index (χ4n) is 1.34. The molecule has 1 aromatic carbocycles. The standard InChI is InChI=1S/C13H15FO4/c1-8(2)18-13(16)7-17-12-6-10(14)4-5-11(12)9(3)15/h4-6,8H,7H2,1-3H3. The van der Waals surface area contributed by atoms with Gasteiger partial charge in [-0.3, -0.25) is 4.79 Å². The first-order chi connectivity index (χ1) is 8.40. The molecule has 0 aromatic heterocycles. The monoisotopic (exact) mass is 254 g/mol. The van der Waals surface area contributed by atoms with Gasteiger partial charge < -0.3 is 9.47 Å². The van der Waals surface area contributed by atoms with E-state index in [-0.39, 0.29) is 29.8 Å². The minimum Gasteiger partial charge on any atom is -0.481 e. The Balaban J connectivity index is 2.74. The van der Waals surface area contributed by atoms with E-state index in [1.807, 2.05) is 0 Å². The van der Waals surface area contributed by atoms with E-state index in [1.54, 1.807) is 13.8 Å². The highest BCUT2D eigenvalue weighted by atomic mass is 19.1. The molecule has 4 nitrogen and oxygen atoms in total. The number of esters is 1. The number of ether oxygens (including phenoxy) is 2. The number of carbonyl (C=O) groups excluding carboxylic acids is 2. The Kier molecular flexibility index (Phi) is 4.83. The van der Waals surface area contributed by atoms with Crippen LogP contribution >= 0.6 is 0 Å². The Bertz CT molecular complexity index is 454. The van der Waals surface area contributed by atoms with Gasteiger partial charge in [-0.2, -0.15) is 0 Å². The Morgan fingerprint density at radius 1 is 1.33 bits per heavy atom. The fraction of sp³-hybridized carbons (Fsp3) is 0.385. The SMILES string of the molecule is CC(=O)c1ccc(F)cc1OCC(=O)OC(C)C. The first kappa shape index (κ1) is 14.2. The molecule has 0 amide bonds. The van der Waals surface area contributed by atoms with Crippen molar-refractivity contribution in [2.45, 2.75) is 26.9 Å². The van der Waals surface area contributed by atoms with Gasteiger partial charge in [0.1, 0.15) is 11.6 Å². The average molecular weight is 254 g/mol. The van der Waals surface area contributed by atoms with E-state index in [2.05, 4.69) is 0 Å². The molecular weight excluding hydrogens is 239 g/mol. The number of hydrogen-bond donors (Lipinski definition) is 0. The molecule has 0 bridgehead atoms. The minimum atomic E-state index is -0.566. The zero-order valence-corrected chi connectivity index (χ0v) is 10.5. The number of benzene rings is 1. The Morgan fingerprint density at radius 2 is 2.00 bits per heavy atom. The summed E-state index contributed by atoms with van der Waals surface area (Å²) in [6, 6.07) is 3.55. The number of hydrogen-bond acceptors (Lipinski definition) is 4. The van der Waals surface area contributed by atoms with E-state index in [0.717, 1.165) is 12.1 Å². The quantitative estimate of drug-likeness (QED) is 0.598. The Morgan fingerprint density at radius 3 is 2.56 bits per heavy atom. The zero-order chi connectivity index (χ0) is 13.7. The lowest BCUT2D eigenvalue weighted by Gasteiger charge is -2.11. The summed E-state index contributed by atoms with van der Waals surface area (Å²) < 4.78 is 23.0. The van der Waals surface area contributed by atoms with Gasteiger partial charge in [0.25, 0.3) is 0 Å². The lowest BCUT2D eigenvalue weighted by atomic mass is 10.1. The van der Waals surface area contributed by atoms with Gasteiger partial charge in [-0.25, -0.2) is 9.18 Å². The summed E-state index contributed by atoms with van der Waals surface area (Å²) in [6.07, 6.45) is -0.249. The largest absolute Gasteiger partial charge is 0.481 e. The summed E-state index contributed by atoms with van der Waals surface area (Å²) in [5, 5.41) is 0. The van der Waals surface area contributed by atoms with E-state index in [9.17, 15) is 14.0 Å². The van der Waals surface area contributed by atoms with Crippen LogP contribution in [0.5, 0.6) is 5.75 Å². The number of carbonyl (C=O) groups is 2. The van der Waals surface area contributed by atoms with Crippen molar-refractivity contribution >= 4 is 11.8 Å².